The molecular formula is C19H31N2OS+. The van der Waals surface area contributed by atoms with Crippen LogP contribution < -0.4 is 10.6 Å². The maximum atomic E-state index is 12.6. The van der Waals surface area contributed by atoms with Crippen molar-refractivity contribution in [3.63, 3.8) is 0 Å². The van der Waals surface area contributed by atoms with E-state index in [4.69, 9.17) is 0 Å². The number of benzene rings is 1. The van der Waals surface area contributed by atoms with Crippen molar-refractivity contribution in [1.29, 1.82) is 0 Å². The molecule has 1 heterocycles. The van der Waals surface area contributed by atoms with E-state index in [1.54, 1.807) is 11.8 Å². The first kappa shape index (κ1) is 18.3. The van der Waals surface area contributed by atoms with Gasteiger partial charge in [0, 0.05) is 23.8 Å². The molecule has 128 valence electrons. The van der Waals surface area contributed by atoms with Gasteiger partial charge in [-0.25, -0.2) is 0 Å². The lowest BCUT2D eigenvalue weighted by Gasteiger charge is -2.43. The van der Waals surface area contributed by atoms with E-state index in [0.29, 0.717) is 0 Å². The molecule has 0 radical (unpaired) electrons. The van der Waals surface area contributed by atoms with Crippen molar-refractivity contribution in [1.82, 2.24) is 5.32 Å². The molecule has 1 fully saturated rings. The summed E-state index contributed by atoms with van der Waals surface area (Å²) in [5.41, 5.74) is 1.59. The largest absolute Gasteiger partial charge is 0.352 e. The standard InChI is InChI=1S/C19H30N2OS/c1-13-7-9-16(10-8-13)23-14(2)17(22)20-15-11-18(3,4)21-19(5,6)12-15/h7-10,14-15,21H,11-12H2,1-6H3,(H,20,22)/p+1/t14-/m0/s1. The number of hydrogen-bond acceptors (Lipinski definition) is 2. The van der Waals surface area contributed by atoms with Gasteiger partial charge in [-0.1, -0.05) is 17.7 Å². The predicted molar refractivity (Wildman–Crippen MR) is 97.7 cm³/mol. The quantitative estimate of drug-likeness (QED) is 0.831. The average molecular weight is 336 g/mol. The summed E-state index contributed by atoms with van der Waals surface area (Å²) >= 11 is 1.63. The van der Waals surface area contributed by atoms with Gasteiger partial charge in [0.1, 0.15) is 0 Å². The van der Waals surface area contributed by atoms with Crippen molar-refractivity contribution < 1.29 is 10.1 Å². The number of rotatable bonds is 4. The minimum atomic E-state index is -0.0742. The molecular weight excluding hydrogens is 304 g/mol. The molecule has 1 aliphatic heterocycles. The van der Waals surface area contributed by atoms with Crippen LogP contribution in [0.1, 0.15) is 53.0 Å². The van der Waals surface area contributed by atoms with E-state index in [2.05, 4.69) is 69.5 Å². The van der Waals surface area contributed by atoms with Crippen LogP contribution in [0.15, 0.2) is 29.2 Å². The molecule has 0 aromatic heterocycles. The molecule has 0 saturated carbocycles. The Labute approximate surface area is 145 Å². The van der Waals surface area contributed by atoms with Crippen LogP contribution in [0.25, 0.3) is 0 Å². The lowest BCUT2D eigenvalue weighted by molar-refractivity contribution is -0.787. The van der Waals surface area contributed by atoms with E-state index in [9.17, 15) is 4.79 Å². The molecule has 3 nitrogen and oxygen atoms in total. The van der Waals surface area contributed by atoms with Crippen molar-refractivity contribution in [2.75, 3.05) is 0 Å². The van der Waals surface area contributed by atoms with E-state index in [-0.39, 0.29) is 28.3 Å². The maximum Gasteiger partial charge on any atom is 0.233 e. The number of piperidine rings is 1. The van der Waals surface area contributed by atoms with Crippen molar-refractivity contribution >= 4 is 17.7 Å². The second-order valence-corrected chi connectivity index (χ2v) is 9.72. The third-order valence-electron chi connectivity index (χ3n) is 4.38. The Balaban J connectivity index is 1.94. The molecule has 3 N–H and O–H groups in total. The van der Waals surface area contributed by atoms with Gasteiger partial charge in [-0.15, -0.1) is 11.8 Å². The Morgan fingerprint density at radius 1 is 1.17 bits per heavy atom. The van der Waals surface area contributed by atoms with E-state index < -0.39 is 0 Å². The smallest absolute Gasteiger partial charge is 0.233 e. The summed E-state index contributed by atoms with van der Waals surface area (Å²) in [7, 11) is 0. The number of nitrogens with two attached hydrogens (primary N) is 1. The van der Waals surface area contributed by atoms with Gasteiger partial charge in [-0.05, 0) is 53.7 Å². The third kappa shape index (κ3) is 5.54. The summed E-state index contributed by atoms with van der Waals surface area (Å²) < 4.78 is 0. The normalized spacial score (nSPS) is 21.7. The molecule has 23 heavy (non-hydrogen) atoms. The highest BCUT2D eigenvalue weighted by atomic mass is 32.2. The minimum absolute atomic E-state index is 0.0742. The van der Waals surface area contributed by atoms with Gasteiger partial charge in [0.25, 0.3) is 0 Å². The first-order chi connectivity index (χ1) is 10.6. The number of amides is 1. The van der Waals surface area contributed by atoms with Crippen LogP contribution in [0.5, 0.6) is 0 Å². The second kappa shape index (κ2) is 6.86. The highest BCUT2D eigenvalue weighted by molar-refractivity contribution is 8.00. The van der Waals surface area contributed by atoms with Gasteiger partial charge < -0.3 is 10.6 Å². The van der Waals surface area contributed by atoms with Crippen LogP contribution in [0.3, 0.4) is 0 Å². The Morgan fingerprint density at radius 3 is 2.22 bits per heavy atom. The molecule has 0 bridgehead atoms. The number of carbonyl (C=O) groups is 1. The molecule has 2 rings (SSSR count). The zero-order valence-electron chi connectivity index (χ0n) is 15.3. The van der Waals surface area contributed by atoms with Gasteiger partial charge in [0.15, 0.2) is 0 Å². The second-order valence-electron chi connectivity index (χ2n) is 8.31. The fourth-order valence-electron chi connectivity index (χ4n) is 3.81. The molecule has 0 spiro atoms. The molecule has 1 aromatic carbocycles. The Kier molecular flexibility index (Phi) is 5.47. The fourth-order valence-corrected chi connectivity index (χ4v) is 4.69. The summed E-state index contributed by atoms with van der Waals surface area (Å²) in [4.78, 5) is 13.7. The average Bonchev–Trinajstić information content (AvgIpc) is 2.37. The lowest BCUT2D eigenvalue weighted by Crippen LogP contribution is -3.06. The maximum absolute atomic E-state index is 12.6. The number of nitrogens with one attached hydrogen (secondary N) is 1. The molecule has 0 aliphatic carbocycles. The van der Waals surface area contributed by atoms with Crippen LogP contribution in [-0.4, -0.2) is 28.3 Å². The molecule has 1 saturated heterocycles. The highest BCUT2D eigenvalue weighted by Crippen LogP contribution is 2.25. The van der Waals surface area contributed by atoms with Gasteiger partial charge >= 0.3 is 0 Å². The lowest BCUT2D eigenvalue weighted by atomic mass is 9.79. The topological polar surface area (TPSA) is 45.7 Å². The number of aryl methyl sites for hydroxylation is 1. The molecule has 1 aromatic rings. The minimum Gasteiger partial charge on any atom is -0.352 e. The van der Waals surface area contributed by atoms with Crippen LogP contribution in [-0.2, 0) is 4.79 Å². The molecule has 1 atom stereocenters. The number of carbonyl (C=O) groups excluding carboxylic acids is 1. The van der Waals surface area contributed by atoms with Crippen molar-refractivity contribution in [2.45, 2.75) is 81.6 Å². The first-order valence-electron chi connectivity index (χ1n) is 8.47. The fraction of sp³-hybridized carbons (Fsp3) is 0.632. The van der Waals surface area contributed by atoms with Crippen molar-refractivity contribution in [3.05, 3.63) is 29.8 Å². The summed E-state index contributed by atoms with van der Waals surface area (Å²) in [5.74, 6) is 0.147. The van der Waals surface area contributed by atoms with Crippen LogP contribution >= 0.6 is 11.8 Å². The molecule has 1 amide bonds. The summed E-state index contributed by atoms with van der Waals surface area (Å²) in [6, 6.07) is 8.62. The number of hydrogen-bond donors (Lipinski definition) is 2. The molecule has 0 unspecified atom stereocenters. The third-order valence-corrected chi connectivity index (χ3v) is 5.49. The van der Waals surface area contributed by atoms with Crippen molar-refractivity contribution in [3.8, 4) is 0 Å². The SMILES string of the molecule is Cc1ccc(S[C@@H](C)C(=O)NC2CC(C)(C)[NH2+]C(C)(C)C2)cc1. The number of quaternary nitrogens is 1. The van der Waals surface area contributed by atoms with Crippen LogP contribution in [0.2, 0.25) is 0 Å². The Bertz CT molecular complexity index is 535. The Morgan fingerprint density at radius 2 is 1.70 bits per heavy atom. The van der Waals surface area contributed by atoms with Crippen LogP contribution in [0, 0.1) is 6.92 Å². The highest BCUT2D eigenvalue weighted by Gasteiger charge is 2.42. The van der Waals surface area contributed by atoms with Gasteiger partial charge in [-0.3, -0.25) is 4.79 Å². The summed E-state index contributed by atoms with van der Waals surface area (Å²) in [6.45, 7) is 13.1. The van der Waals surface area contributed by atoms with Gasteiger partial charge in [0.05, 0.1) is 16.3 Å². The summed E-state index contributed by atoms with van der Waals surface area (Å²) in [5, 5.41) is 5.65. The van der Waals surface area contributed by atoms with E-state index in [0.717, 1.165) is 17.7 Å². The monoisotopic (exact) mass is 335 g/mol. The van der Waals surface area contributed by atoms with Gasteiger partial charge in [-0.2, -0.15) is 0 Å². The van der Waals surface area contributed by atoms with E-state index >= 15 is 0 Å². The van der Waals surface area contributed by atoms with Gasteiger partial charge in [0.2, 0.25) is 5.91 Å². The van der Waals surface area contributed by atoms with Crippen molar-refractivity contribution in [2.24, 2.45) is 0 Å². The van der Waals surface area contributed by atoms with E-state index in [1.807, 2.05) is 6.92 Å². The summed E-state index contributed by atoms with van der Waals surface area (Å²) in [6.07, 6.45) is 2.04. The predicted octanol–water partition coefficient (Wildman–Crippen LogP) is 2.87. The van der Waals surface area contributed by atoms with E-state index in [1.165, 1.54) is 5.56 Å². The number of thioether (sulfide) groups is 1. The first-order valence-corrected chi connectivity index (χ1v) is 9.35. The Hall–Kier alpha value is -1.00. The zero-order chi connectivity index (χ0) is 17.3. The van der Waals surface area contributed by atoms with Crippen LogP contribution in [0.4, 0.5) is 0 Å². The molecule has 4 heteroatoms. The molecule has 1 aliphatic rings. The zero-order valence-corrected chi connectivity index (χ0v) is 16.1.